The Hall–Kier alpha value is -1.62. The van der Waals surface area contributed by atoms with E-state index in [1.807, 2.05) is 6.07 Å². The van der Waals surface area contributed by atoms with Crippen LogP contribution in [0.5, 0.6) is 0 Å². The topological polar surface area (TPSA) is 39.7 Å². The molecule has 1 aliphatic carbocycles. The lowest BCUT2D eigenvalue weighted by atomic mass is 10.1. The van der Waals surface area contributed by atoms with Crippen molar-refractivity contribution >= 4 is 5.96 Å². The van der Waals surface area contributed by atoms with E-state index in [9.17, 15) is 4.39 Å². The van der Waals surface area contributed by atoms with E-state index in [2.05, 4.69) is 41.4 Å². The van der Waals surface area contributed by atoms with Crippen molar-refractivity contribution in [2.24, 2.45) is 4.99 Å². The number of nitrogens with one attached hydrogen (secondary N) is 2. The first-order valence-electron chi connectivity index (χ1n) is 8.58. The van der Waals surface area contributed by atoms with E-state index >= 15 is 0 Å². The summed E-state index contributed by atoms with van der Waals surface area (Å²) in [7, 11) is 2.18. The SMILES string of the molecule is CCNC(=NCC(C)N(C)C1CC1)NCCc1cccc(F)c1. The van der Waals surface area contributed by atoms with Gasteiger partial charge in [0.15, 0.2) is 5.96 Å². The quantitative estimate of drug-likeness (QED) is 0.571. The maximum absolute atomic E-state index is 13.2. The average molecular weight is 320 g/mol. The van der Waals surface area contributed by atoms with E-state index in [1.165, 1.54) is 18.9 Å². The molecule has 1 aliphatic rings. The van der Waals surface area contributed by atoms with Gasteiger partial charge in [0.1, 0.15) is 5.82 Å². The number of benzene rings is 1. The summed E-state index contributed by atoms with van der Waals surface area (Å²) < 4.78 is 13.2. The molecule has 0 bridgehead atoms. The first-order chi connectivity index (χ1) is 11.1. The van der Waals surface area contributed by atoms with Crippen molar-refractivity contribution in [3.63, 3.8) is 0 Å². The number of aliphatic imine (C=N–C) groups is 1. The molecular weight excluding hydrogens is 291 g/mol. The van der Waals surface area contributed by atoms with E-state index in [0.29, 0.717) is 6.04 Å². The Morgan fingerprint density at radius 1 is 1.39 bits per heavy atom. The van der Waals surface area contributed by atoms with E-state index in [0.717, 1.165) is 43.6 Å². The van der Waals surface area contributed by atoms with Crippen LogP contribution in [0.4, 0.5) is 4.39 Å². The Balaban J connectivity index is 1.78. The van der Waals surface area contributed by atoms with E-state index < -0.39 is 0 Å². The lowest BCUT2D eigenvalue weighted by Crippen LogP contribution is -2.40. The van der Waals surface area contributed by atoms with Crippen molar-refractivity contribution in [1.29, 1.82) is 0 Å². The number of nitrogens with zero attached hydrogens (tertiary/aromatic N) is 2. The number of halogens is 1. The van der Waals surface area contributed by atoms with Gasteiger partial charge in [0, 0.05) is 25.2 Å². The van der Waals surface area contributed by atoms with Crippen molar-refractivity contribution in [2.45, 2.75) is 45.2 Å². The minimum Gasteiger partial charge on any atom is -0.357 e. The summed E-state index contributed by atoms with van der Waals surface area (Å²) in [4.78, 5) is 7.09. The first-order valence-corrected chi connectivity index (χ1v) is 8.58. The maximum Gasteiger partial charge on any atom is 0.191 e. The van der Waals surface area contributed by atoms with Crippen molar-refractivity contribution in [2.75, 3.05) is 26.7 Å². The third-order valence-corrected chi connectivity index (χ3v) is 4.27. The maximum atomic E-state index is 13.2. The molecule has 1 fully saturated rings. The van der Waals surface area contributed by atoms with Crippen molar-refractivity contribution < 1.29 is 4.39 Å². The number of rotatable bonds is 8. The molecule has 0 aliphatic heterocycles. The zero-order valence-electron chi connectivity index (χ0n) is 14.5. The molecule has 5 heteroatoms. The molecule has 0 heterocycles. The van der Waals surface area contributed by atoms with Crippen molar-refractivity contribution in [3.05, 3.63) is 35.6 Å². The third-order valence-electron chi connectivity index (χ3n) is 4.27. The van der Waals surface area contributed by atoms with Gasteiger partial charge in [-0.3, -0.25) is 9.89 Å². The van der Waals surface area contributed by atoms with Crippen molar-refractivity contribution in [3.8, 4) is 0 Å². The van der Waals surface area contributed by atoms with Crippen LogP contribution in [0, 0.1) is 5.82 Å². The molecule has 1 saturated carbocycles. The molecule has 0 amide bonds. The Kier molecular flexibility index (Phi) is 6.84. The summed E-state index contributed by atoms with van der Waals surface area (Å²) in [6.07, 6.45) is 3.41. The van der Waals surface area contributed by atoms with Gasteiger partial charge in [-0.2, -0.15) is 0 Å². The zero-order chi connectivity index (χ0) is 16.7. The molecular formula is C18H29FN4. The third kappa shape index (κ3) is 6.18. The highest BCUT2D eigenvalue weighted by Gasteiger charge is 2.28. The van der Waals surface area contributed by atoms with Crippen LogP contribution in [-0.2, 0) is 6.42 Å². The van der Waals surface area contributed by atoms with Gasteiger partial charge in [-0.25, -0.2) is 4.39 Å². The summed E-state index contributed by atoms with van der Waals surface area (Å²) in [5, 5.41) is 6.59. The van der Waals surface area contributed by atoms with Crippen LogP contribution in [0.15, 0.2) is 29.3 Å². The Bertz CT molecular complexity index is 513. The van der Waals surface area contributed by atoms with E-state index in [-0.39, 0.29) is 5.82 Å². The fourth-order valence-corrected chi connectivity index (χ4v) is 2.55. The lowest BCUT2D eigenvalue weighted by Gasteiger charge is -2.23. The Morgan fingerprint density at radius 3 is 2.83 bits per heavy atom. The molecule has 1 aromatic rings. The molecule has 0 aromatic heterocycles. The molecule has 0 spiro atoms. The molecule has 128 valence electrons. The van der Waals surface area contributed by atoms with Crippen LogP contribution in [-0.4, -0.2) is 49.6 Å². The molecule has 4 nitrogen and oxygen atoms in total. The summed E-state index contributed by atoms with van der Waals surface area (Å²) >= 11 is 0. The van der Waals surface area contributed by atoms with Gasteiger partial charge in [0.05, 0.1) is 6.54 Å². The highest BCUT2D eigenvalue weighted by molar-refractivity contribution is 5.79. The summed E-state index contributed by atoms with van der Waals surface area (Å²) in [5.41, 5.74) is 0.996. The molecule has 2 rings (SSSR count). The Labute approximate surface area is 139 Å². The second-order valence-electron chi connectivity index (χ2n) is 6.27. The minimum atomic E-state index is -0.181. The molecule has 1 atom stereocenters. The van der Waals surface area contributed by atoms with Crippen LogP contribution < -0.4 is 10.6 Å². The highest BCUT2D eigenvalue weighted by atomic mass is 19.1. The van der Waals surface area contributed by atoms with Crippen LogP contribution in [0.3, 0.4) is 0 Å². The summed E-state index contributed by atoms with van der Waals surface area (Å²) in [6.45, 7) is 6.63. The van der Waals surface area contributed by atoms with Crippen LogP contribution in [0.25, 0.3) is 0 Å². The fraction of sp³-hybridized carbons (Fsp3) is 0.611. The number of hydrogen-bond acceptors (Lipinski definition) is 2. The van der Waals surface area contributed by atoms with E-state index in [1.54, 1.807) is 12.1 Å². The smallest absolute Gasteiger partial charge is 0.191 e. The van der Waals surface area contributed by atoms with Crippen molar-refractivity contribution in [1.82, 2.24) is 15.5 Å². The van der Waals surface area contributed by atoms with Crippen LogP contribution in [0.2, 0.25) is 0 Å². The van der Waals surface area contributed by atoms with Gasteiger partial charge in [0.25, 0.3) is 0 Å². The number of likely N-dealkylation sites (N-methyl/N-ethyl adjacent to an activating group) is 1. The van der Waals surface area contributed by atoms with Gasteiger partial charge >= 0.3 is 0 Å². The standard InChI is InChI=1S/C18H29FN4/c1-4-20-18(22-13-14(2)23(3)17-8-9-17)21-11-10-15-6-5-7-16(19)12-15/h5-7,12,14,17H,4,8-11,13H2,1-3H3,(H2,20,21,22). The Morgan fingerprint density at radius 2 is 2.17 bits per heavy atom. The molecule has 0 saturated heterocycles. The zero-order valence-corrected chi connectivity index (χ0v) is 14.5. The second kappa shape index (κ2) is 8.87. The predicted molar refractivity (Wildman–Crippen MR) is 94.3 cm³/mol. The molecule has 23 heavy (non-hydrogen) atoms. The van der Waals surface area contributed by atoms with Gasteiger partial charge in [-0.15, -0.1) is 0 Å². The second-order valence-corrected chi connectivity index (χ2v) is 6.27. The summed E-state index contributed by atoms with van der Waals surface area (Å²) in [5.74, 6) is 0.653. The molecule has 2 N–H and O–H groups in total. The fourth-order valence-electron chi connectivity index (χ4n) is 2.55. The van der Waals surface area contributed by atoms with Gasteiger partial charge < -0.3 is 10.6 Å². The highest BCUT2D eigenvalue weighted by Crippen LogP contribution is 2.26. The minimum absolute atomic E-state index is 0.181. The van der Waals surface area contributed by atoms with Gasteiger partial charge in [-0.1, -0.05) is 12.1 Å². The van der Waals surface area contributed by atoms with Crippen LogP contribution >= 0.6 is 0 Å². The molecule has 0 radical (unpaired) electrons. The lowest BCUT2D eigenvalue weighted by molar-refractivity contribution is 0.253. The van der Waals surface area contributed by atoms with Gasteiger partial charge in [0.2, 0.25) is 0 Å². The monoisotopic (exact) mass is 320 g/mol. The van der Waals surface area contributed by atoms with Crippen LogP contribution in [0.1, 0.15) is 32.3 Å². The predicted octanol–water partition coefficient (Wildman–Crippen LogP) is 2.41. The average Bonchev–Trinajstić information content (AvgIpc) is 3.36. The first kappa shape index (κ1) is 17.7. The number of hydrogen-bond donors (Lipinski definition) is 2. The largest absolute Gasteiger partial charge is 0.357 e. The number of guanidine groups is 1. The van der Waals surface area contributed by atoms with E-state index in [4.69, 9.17) is 0 Å². The van der Waals surface area contributed by atoms with Gasteiger partial charge in [-0.05, 0) is 57.9 Å². The molecule has 1 unspecified atom stereocenters. The normalized spacial score (nSPS) is 16.5. The summed E-state index contributed by atoms with van der Waals surface area (Å²) in [6, 6.07) is 7.95. The molecule has 1 aromatic carbocycles.